The molecule has 1 heterocycles. The molecule has 27 heavy (non-hydrogen) atoms. The van der Waals surface area contributed by atoms with Crippen molar-refractivity contribution < 1.29 is 18.0 Å². The van der Waals surface area contributed by atoms with Crippen LogP contribution in [0.25, 0.3) is 0 Å². The summed E-state index contributed by atoms with van der Waals surface area (Å²) in [7, 11) is 0. The Hall–Kier alpha value is -3.35. The van der Waals surface area contributed by atoms with E-state index in [-0.39, 0.29) is 17.4 Å². The van der Waals surface area contributed by atoms with E-state index in [9.17, 15) is 18.0 Å². The van der Waals surface area contributed by atoms with Crippen molar-refractivity contribution in [2.24, 2.45) is 0 Å². The molecule has 1 aromatic heterocycles. The van der Waals surface area contributed by atoms with E-state index in [4.69, 9.17) is 0 Å². The van der Waals surface area contributed by atoms with Gasteiger partial charge in [0.05, 0.1) is 23.1 Å². The highest BCUT2D eigenvalue weighted by molar-refractivity contribution is 5.94. The van der Waals surface area contributed by atoms with E-state index in [2.05, 4.69) is 15.6 Å². The van der Waals surface area contributed by atoms with Crippen LogP contribution >= 0.6 is 0 Å². The molecule has 0 aliphatic carbocycles. The van der Waals surface area contributed by atoms with Gasteiger partial charge in [0.1, 0.15) is 17.5 Å². The van der Waals surface area contributed by atoms with E-state index >= 15 is 0 Å². The molecular formula is C20H16F3N3O. The molecule has 0 unspecified atom stereocenters. The molecular weight excluding hydrogens is 355 g/mol. The predicted octanol–water partition coefficient (Wildman–Crippen LogP) is 4.22. The third-order valence-corrected chi connectivity index (χ3v) is 3.82. The first kappa shape index (κ1) is 18.4. The van der Waals surface area contributed by atoms with Crippen LogP contribution in [0.3, 0.4) is 0 Å². The number of halogens is 3. The van der Waals surface area contributed by atoms with Crippen LogP contribution in [0.2, 0.25) is 0 Å². The highest BCUT2D eigenvalue weighted by atomic mass is 19.1. The summed E-state index contributed by atoms with van der Waals surface area (Å²) in [5.41, 5.74) is 1.66. The zero-order valence-electron chi connectivity index (χ0n) is 14.2. The van der Waals surface area contributed by atoms with Crippen molar-refractivity contribution in [2.45, 2.75) is 6.42 Å². The van der Waals surface area contributed by atoms with Gasteiger partial charge in [-0.05, 0) is 42.3 Å². The third-order valence-electron chi connectivity index (χ3n) is 3.82. The monoisotopic (exact) mass is 371 g/mol. The highest BCUT2D eigenvalue weighted by Crippen LogP contribution is 2.20. The first-order chi connectivity index (χ1) is 13.0. The summed E-state index contributed by atoms with van der Waals surface area (Å²) < 4.78 is 39.6. The van der Waals surface area contributed by atoms with Crippen LogP contribution in [0.1, 0.15) is 15.9 Å². The zero-order valence-corrected chi connectivity index (χ0v) is 14.2. The maximum atomic E-state index is 13.7. The second-order valence-electron chi connectivity index (χ2n) is 5.84. The quantitative estimate of drug-likeness (QED) is 0.682. The first-order valence-corrected chi connectivity index (χ1v) is 8.21. The standard InChI is InChI=1S/C20H16F3N3O/c21-15-3-1-13(2-4-15)7-8-25-20(27)14-9-17(12-24-11-14)26-19-6-5-16(22)10-18(19)23/h1-6,9-12,26H,7-8H2,(H,25,27). The Kier molecular flexibility index (Phi) is 5.71. The second kappa shape index (κ2) is 8.35. The molecule has 2 N–H and O–H groups in total. The number of carbonyl (C=O) groups excluding carboxylic acids is 1. The first-order valence-electron chi connectivity index (χ1n) is 8.21. The lowest BCUT2D eigenvalue weighted by molar-refractivity contribution is 0.0954. The van der Waals surface area contributed by atoms with E-state index in [0.29, 0.717) is 24.2 Å². The molecule has 0 saturated heterocycles. The van der Waals surface area contributed by atoms with Crippen LogP contribution < -0.4 is 10.6 Å². The Labute approximate surface area is 154 Å². The summed E-state index contributed by atoms with van der Waals surface area (Å²) in [6.07, 6.45) is 3.37. The number of hydrogen-bond acceptors (Lipinski definition) is 3. The average Bonchev–Trinajstić information content (AvgIpc) is 2.66. The predicted molar refractivity (Wildman–Crippen MR) is 96.3 cm³/mol. The number of rotatable bonds is 6. The van der Waals surface area contributed by atoms with Gasteiger partial charge in [0.25, 0.3) is 5.91 Å². The van der Waals surface area contributed by atoms with E-state index in [0.717, 1.165) is 17.7 Å². The molecule has 3 rings (SSSR count). The number of aromatic nitrogens is 1. The Morgan fingerprint density at radius 2 is 1.67 bits per heavy atom. The number of hydrogen-bond donors (Lipinski definition) is 2. The number of anilines is 2. The lowest BCUT2D eigenvalue weighted by Crippen LogP contribution is -2.25. The van der Waals surface area contributed by atoms with Crippen molar-refractivity contribution in [3.05, 3.63) is 89.5 Å². The molecule has 0 saturated carbocycles. The van der Waals surface area contributed by atoms with Crippen molar-refractivity contribution in [3.8, 4) is 0 Å². The number of amides is 1. The number of carbonyl (C=O) groups is 1. The van der Waals surface area contributed by atoms with Gasteiger partial charge in [-0.1, -0.05) is 12.1 Å². The molecule has 0 atom stereocenters. The Morgan fingerprint density at radius 1 is 0.926 bits per heavy atom. The van der Waals surface area contributed by atoms with Gasteiger partial charge in [-0.2, -0.15) is 0 Å². The Morgan fingerprint density at radius 3 is 2.41 bits per heavy atom. The van der Waals surface area contributed by atoms with Crippen LogP contribution in [0, 0.1) is 17.5 Å². The molecule has 1 amide bonds. The van der Waals surface area contributed by atoms with Gasteiger partial charge in [-0.25, -0.2) is 13.2 Å². The number of benzene rings is 2. The van der Waals surface area contributed by atoms with Gasteiger partial charge >= 0.3 is 0 Å². The van der Waals surface area contributed by atoms with Gasteiger partial charge in [0.15, 0.2) is 0 Å². The minimum Gasteiger partial charge on any atom is -0.352 e. The van der Waals surface area contributed by atoms with Crippen molar-refractivity contribution >= 4 is 17.3 Å². The van der Waals surface area contributed by atoms with E-state index < -0.39 is 11.6 Å². The smallest absolute Gasteiger partial charge is 0.252 e. The molecule has 0 spiro atoms. The van der Waals surface area contributed by atoms with E-state index in [1.54, 1.807) is 12.1 Å². The van der Waals surface area contributed by atoms with E-state index in [1.807, 2.05) is 0 Å². The normalized spacial score (nSPS) is 10.5. The minimum atomic E-state index is -0.746. The summed E-state index contributed by atoms with van der Waals surface area (Å²) in [4.78, 5) is 16.2. The van der Waals surface area contributed by atoms with Gasteiger partial charge in [-0.3, -0.25) is 9.78 Å². The van der Waals surface area contributed by atoms with E-state index in [1.165, 1.54) is 36.7 Å². The fraction of sp³-hybridized carbons (Fsp3) is 0.100. The van der Waals surface area contributed by atoms with Crippen molar-refractivity contribution in [1.82, 2.24) is 10.3 Å². The fourth-order valence-corrected chi connectivity index (χ4v) is 2.45. The summed E-state index contributed by atoms with van der Waals surface area (Å²) in [6.45, 7) is 0.370. The number of nitrogens with one attached hydrogen (secondary N) is 2. The molecule has 0 aliphatic heterocycles. The maximum Gasteiger partial charge on any atom is 0.252 e. The Bertz CT molecular complexity index is 945. The lowest BCUT2D eigenvalue weighted by Gasteiger charge is -2.09. The molecule has 2 aromatic carbocycles. The summed E-state index contributed by atoms with van der Waals surface area (Å²) in [6, 6.07) is 10.7. The second-order valence-corrected chi connectivity index (χ2v) is 5.84. The fourth-order valence-electron chi connectivity index (χ4n) is 2.45. The summed E-state index contributed by atoms with van der Waals surface area (Å²) in [5.74, 6) is -2.07. The van der Waals surface area contributed by atoms with Crippen LogP contribution in [0.5, 0.6) is 0 Å². The van der Waals surface area contributed by atoms with Crippen LogP contribution in [-0.2, 0) is 6.42 Å². The van der Waals surface area contributed by atoms with Crippen LogP contribution in [-0.4, -0.2) is 17.4 Å². The molecule has 4 nitrogen and oxygen atoms in total. The summed E-state index contributed by atoms with van der Waals surface area (Å²) >= 11 is 0. The molecule has 138 valence electrons. The minimum absolute atomic E-state index is 0.0760. The van der Waals surface area contributed by atoms with Gasteiger partial charge in [0, 0.05) is 18.8 Å². The molecule has 7 heteroatoms. The average molecular weight is 371 g/mol. The maximum absolute atomic E-state index is 13.7. The highest BCUT2D eigenvalue weighted by Gasteiger charge is 2.09. The van der Waals surface area contributed by atoms with Gasteiger partial charge in [-0.15, -0.1) is 0 Å². The summed E-state index contributed by atoms with van der Waals surface area (Å²) in [5, 5.41) is 5.51. The van der Waals surface area contributed by atoms with Crippen molar-refractivity contribution in [3.63, 3.8) is 0 Å². The zero-order chi connectivity index (χ0) is 19.2. The topological polar surface area (TPSA) is 54.0 Å². The van der Waals surface area contributed by atoms with Crippen LogP contribution in [0.15, 0.2) is 60.9 Å². The van der Waals surface area contributed by atoms with Gasteiger partial charge < -0.3 is 10.6 Å². The lowest BCUT2D eigenvalue weighted by atomic mass is 10.1. The molecule has 0 bridgehead atoms. The van der Waals surface area contributed by atoms with Crippen LogP contribution in [0.4, 0.5) is 24.5 Å². The number of pyridine rings is 1. The largest absolute Gasteiger partial charge is 0.352 e. The SMILES string of the molecule is O=C(NCCc1ccc(F)cc1)c1cncc(Nc2ccc(F)cc2F)c1. The number of nitrogens with zero attached hydrogens (tertiary/aromatic N) is 1. The third kappa shape index (κ3) is 5.07. The Balaban J connectivity index is 1.60. The molecule has 0 fully saturated rings. The molecule has 0 aliphatic rings. The van der Waals surface area contributed by atoms with Crippen molar-refractivity contribution in [1.29, 1.82) is 0 Å². The van der Waals surface area contributed by atoms with Gasteiger partial charge in [0.2, 0.25) is 0 Å². The van der Waals surface area contributed by atoms with Crippen molar-refractivity contribution in [2.75, 3.05) is 11.9 Å². The molecule has 3 aromatic rings. The molecule has 0 radical (unpaired) electrons.